The molecule has 0 saturated carbocycles. The molecule has 2 aliphatic heterocycles. The summed E-state index contributed by atoms with van der Waals surface area (Å²) in [6.45, 7) is 9.78. The van der Waals surface area contributed by atoms with Crippen LogP contribution in [0.3, 0.4) is 0 Å². The van der Waals surface area contributed by atoms with Gasteiger partial charge in [-0.3, -0.25) is 9.80 Å². The highest BCUT2D eigenvalue weighted by Crippen LogP contribution is 2.02. The summed E-state index contributed by atoms with van der Waals surface area (Å²) in [4.78, 5) is 27.9. The lowest BCUT2D eigenvalue weighted by molar-refractivity contribution is -0.140. The maximum absolute atomic E-state index is 11.6. The van der Waals surface area contributed by atoms with Crippen LogP contribution in [0.15, 0.2) is 12.2 Å². The number of carbonyl (C=O) groups excluding carboxylic acids is 2. The third-order valence-corrected chi connectivity index (χ3v) is 4.79. The van der Waals surface area contributed by atoms with E-state index in [0.29, 0.717) is 13.2 Å². The van der Waals surface area contributed by atoms with E-state index in [1.807, 2.05) is 0 Å². The Hall–Kier alpha value is -1.48. The number of carbonyl (C=O) groups is 2. The van der Waals surface area contributed by atoms with E-state index < -0.39 is 11.9 Å². The minimum Gasteiger partial charge on any atom is -0.463 e. The van der Waals surface area contributed by atoms with Gasteiger partial charge in [-0.25, -0.2) is 9.59 Å². The van der Waals surface area contributed by atoms with Crippen LogP contribution in [0, 0.1) is 0 Å². The number of hydrogen-bond acceptors (Lipinski definition) is 8. The van der Waals surface area contributed by atoms with E-state index in [1.54, 1.807) is 0 Å². The molecule has 0 aromatic heterocycles. The van der Waals surface area contributed by atoms with Gasteiger partial charge < -0.3 is 18.9 Å². The first-order valence-corrected chi connectivity index (χ1v) is 10.4. The highest BCUT2D eigenvalue weighted by molar-refractivity contribution is 5.91. The first-order chi connectivity index (χ1) is 13.7. The van der Waals surface area contributed by atoms with Gasteiger partial charge in [0.2, 0.25) is 0 Å². The number of unbranched alkanes of at least 4 members (excludes halogenated alkanes) is 2. The molecule has 2 rings (SSSR count). The summed E-state index contributed by atoms with van der Waals surface area (Å²) in [5, 5.41) is 0. The molecule has 2 aliphatic rings. The van der Waals surface area contributed by atoms with Crippen molar-refractivity contribution in [3.63, 3.8) is 0 Å². The van der Waals surface area contributed by atoms with Crippen LogP contribution >= 0.6 is 0 Å². The SMILES string of the molecule is O=C(/C=C\C(=O)OCCCCN1CCOCC1)OCCCCN1CCOCC1. The second-order valence-corrected chi connectivity index (χ2v) is 6.99. The Morgan fingerprint density at radius 2 is 1.07 bits per heavy atom. The molecule has 28 heavy (non-hydrogen) atoms. The van der Waals surface area contributed by atoms with Crippen molar-refractivity contribution in [2.75, 3.05) is 78.9 Å². The van der Waals surface area contributed by atoms with E-state index in [4.69, 9.17) is 18.9 Å². The summed E-state index contributed by atoms with van der Waals surface area (Å²) in [5.74, 6) is -1.01. The monoisotopic (exact) mass is 398 g/mol. The van der Waals surface area contributed by atoms with Gasteiger partial charge in [0, 0.05) is 38.3 Å². The molecule has 8 heteroatoms. The molecule has 0 atom stereocenters. The average Bonchev–Trinajstić information content (AvgIpc) is 2.73. The molecular formula is C20H34N2O6. The zero-order chi connectivity index (χ0) is 19.9. The lowest BCUT2D eigenvalue weighted by Crippen LogP contribution is -2.36. The van der Waals surface area contributed by atoms with Crippen molar-refractivity contribution in [3.05, 3.63) is 12.2 Å². The van der Waals surface area contributed by atoms with Crippen molar-refractivity contribution >= 4 is 11.9 Å². The fourth-order valence-electron chi connectivity index (χ4n) is 3.10. The zero-order valence-electron chi connectivity index (χ0n) is 16.8. The van der Waals surface area contributed by atoms with Gasteiger partial charge >= 0.3 is 11.9 Å². The van der Waals surface area contributed by atoms with Crippen molar-refractivity contribution in [2.45, 2.75) is 25.7 Å². The number of hydrogen-bond donors (Lipinski definition) is 0. The van der Waals surface area contributed by atoms with E-state index in [2.05, 4.69) is 9.80 Å². The van der Waals surface area contributed by atoms with Gasteiger partial charge in [-0.05, 0) is 38.8 Å². The Kier molecular flexibility index (Phi) is 11.8. The van der Waals surface area contributed by atoms with Crippen molar-refractivity contribution in [3.8, 4) is 0 Å². The summed E-state index contributed by atoms with van der Waals surface area (Å²) in [5.41, 5.74) is 0. The maximum Gasteiger partial charge on any atom is 0.331 e. The highest BCUT2D eigenvalue weighted by atomic mass is 16.5. The number of esters is 2. The Balaban J connectivity index is 1.40. The molecule has 0 unspecified atom stereocenters. The number of nitrogens with zero attached hydrogens (tertiary/aromatic N) is 2. The van der Waals surface area contributed by atoms with Gasteiger partial charge in [-0.1, -0.05) is 0 Å². The predicted octanol–water partition coefficient (Wildman–Crippen LogP) is 0.854. The van der Waals surface area contributed by atoms with Crippen LogP contribution in [0.4, 0.5) is 0 Å². The Bertz CT molecular complexity index is 431. The van der Waals surface area contributed by atoms with Gasteiger partial charge in [0.25, 0.3) is 0 Å². The molecule has 0 aromatic carbocycles. The minimum atomic E-state index is -0.504. The van der Waals surface area contributed by atoms with Crippen molar-refractivity contribution in [1.82, 2.24) is 9.80 Å². The zero-order valence-corrected chi connectivity index (χ0v) is 16.8. The number of morpholine rings is 2. The quantitative estimate of drug-likeness (QED) is 0.272. The molecule has 0 spiro atoms. The molecular weight excluding hydrogens is 364 g/mol. The molecule has 2 saturated heterocycles. The first kappa shape index (κ1) is 22.8. The second kappa shape index (κ2) is 14.5. The molecule has 0 bridgehead atoms. The fraction of sp³-hybridized carbons (Fsp3) is 0.800. The fourth-order valence-corrected chi connectivity index (χ4v) is 3.10. The van der Waals surface area contributed by atoms with Crippen LogP contribution in [0.25, 0.3) is 0 Å². The standard InChI is InChI=1S/C20H34N2O6/c23-19(27-13-3-1-7-21-9-15-25-16-10-21)5-6-20(24)28-14-4-2-8-22-11-17-26-18-12-22/h5-6H,1-4,7-18H2/b6-5-. The van der Waals surface area contributed by atoms with Gasteiger partial charge in [0.1, 0.15) is 0 Å². The summed E-state index contributed by atoms with van der Waals surface area (Å²) < 4.78 is 20.8. The Labute approximate surface area is 167 Å². The van der Waals surface area contributed by atoms with Gasteiger partial charge in [0.15, 0.2) is 0 Å². The highest BCUT2D eigenvalue weighted by Gasteiger charge is 2.10. The van der Waals surface area contributed by atoms with E-state index in [-0.39, 0.29) is 0 Å². The molecule has 0 N–H and O–H groups in total. The van der Waals surface area contributed by atoms with Gasteiger partial charge in [-0.15, -0.1) is 0 Å². The number of rotatable bonds is 12. The average molecular weight is 399 g/mol. The lowest BCUT2D eigenvalue weighted by Gasteiger charge is -2.26. The van der Waals surface area contributed by atoms with E-state index in [0.717, 1.165) is 104 Å². The molecule has 2 heterocycles. The van der Waals surface area contributed by atoms with Crippen LogP contribution in [0.2, 0.25) is 0 Å². The summed E-state index contributed by atoms with van der Waals surface area (Å²) in [7, 11) is 0. The number of ether oxygens (including phenoxy) is 4. The molecule has 0 aliphatic carbocycles. The van der Waals surface area contributed by atoms with Crippen LogP contribution in [-0.2, 0) is 28.5 Å². The Morgan fingerprint density at radius 1 is 0.679 bits per heavy atom. The van der Waals surface area contributed by atoms with Crippen LogP contribution < -0.4 is 0 Å². The second-order valence-electron chi connectivity index (χ2n) is 6.99. The van der Waals surface area contributed by atoms with Crippen LogP contribution in [0.5, 0.6) is 0 Å². The van der Waals surface area contributed by atoms with Crippen LogP contribution in [0.1, 0.15) is 25.7 Å². The molecule has 2 fully saturated rings. The molecule has 0 amide bonds. The Morgan fingerprint density at radius 3 is 1.46 bits per heavy atom. The third-order valence-electron chi connectivity index (χ3n) is 4.79. The largest absolute Gasteiger partial charge is 0.463 e. The van der Waals surface area contributed by atoms with Crippen molar-refractivity contribution in [1.29, 1.82) is 0 Å². The van der Waals surface area contributed by atoms with Crippen LogP contribution in [-0.4, -0.2) is 101 Å². The summed E-state index contributed by atoms with van der Waals surface area (Å²) in [6.07, 6.45) is 5.85. The minimum absolute atomic E-state index is 0.365. The topological polar surface area (TPSA) is 77.5 Å². The van der Waals surface area contributed by atoms with Crippen molar-refractivity contribution in [2.24, 2.45) is 0 Å². The molecule has 8 nitrogen and oxygen atoms in total. The van der Waals surface area contributed by atoms with Gasteiger partial charge in [-0.2, -0.15) is 0 Å². The predicted molar refractivity (Wildman–Crippen MR) is 104 cm³/mol. The summed E-state index contributed by atoms with van der Waals surface area (Å²) in [6, 6.07) is 0. The van der Waals surface area contributed by atoms with E-state index >= 15 is 0 Å². The maximum atomic E-state index is 11.6. The van der Waals surface area contributed by atoms with E-state index in [1.165, 1.54) is 0 Å². The van der Waals surface area contributed by atoms with E-state index in [9.17, 15) is 9.59 Å². The normalized spacial score (nSPS) is 19.0. The van der Waals surface area contributed by atoms with Crippen molar-refractivity contribution < 1.29 is 28.5 Å². The summed E-state index contributed by atoms with van der Waals surface area (Å²) >= 11 is 0. The molecule has 0 radical (unpaired) electrons. The molecule has 0 aromatic rings. The first-order valence-electron chi connectivity index (χ1n) is 10.4. The lowest BCUT2D eigenvalue weighted by atomic mass is 10.3. The molecule has 160 valence electrons. The smallest absolute Gasteiger partial charge is 0.331 e. The third kappa shape index (κ3) is 10.8. The van der Waals surface area contributed by atoms with Gasteiger partial charge in [0.05, 0.1) is 39.6 Å².